The largest absolute Gasteiger partial charge is 0.574 e. The molecule has 0 aliphatic heterocycles. The lowest BCUT2D eigenvalue weighted by Gasteiger charge is -2.13. The van der Waals surface area contributed by atoms with Gasteiger partial charge >= 0.3 is 6.36 Å². The van der Waals surface area contributed by atoms with E-state index in [1.807, 2.05) is 0 Å². The van der Waals surface area contributed by atoms with Gasteiger partial charge in [0.2, 0.25) is 5.88 Å². The molecule has 0 spiro atoms. The van der Waals surface area contributed by atoms with Crippen LogP contribution in [-0.4, -0.2) is 16.5 Å². The Labute approximate surface area is 92.6 Å². The van der Waals surface area contributed by atoms with Crippen LogP contribution in [0.5, 0.6) is 5.88 Å². The van der Waals surface area contributed by atoms with Crippen molar-refractivity contribution in [1.82, 2.24) is 4.98 Å². The molecule has 0 fully saturated rings. The summed E-state index contributed by atoms with van der Waals surface area (Å²) >= 11 is 5.35. The van der Waals surface area contributed by atoms with Crippen molar-refractivity contribution in [3.05, 3.63) is 23.1 Å². The molecule has 0 atom stereocenters. The lowest BCUT2D eigenvalue weighted by Crippen LogP contribution is -2.19. The molecule has 3 nitrogen and oxygen atoms in total. The predicted molar refractivity (Wildman–Crippen MR) is 46.4 cm³/mol. The van der Waals surface area contributed by atoms with E-state index in [2.05, 4.69) is 9.72 Å². The molecule has 1 heterocycles. The summed E-state index contributed by atoms with van der Waals surface area (Å²) in [5, 5.41) is 8.79. The van der Waals surface area contributed by atoms with Gasteiger partial charge in [0, 0.05) is 11.1 Å². The number of hydrogen-bond acceptors (Lipinski definition) is 3. The minimum absolute atomic E-state index is 0.318. The molecule has 0 amide bonds. The van der Waals surface area contributed by atoms with Crippen LogP contribution in [-0.2, 0) is 12.5 Å². The third-order valence-electron chi connectivity index (χ3n) is 1.71. The summed E-state index contributed by atoms with van der Waals surface area (Å²) < 4.78 is 52.4. The molecule has 1 aromatic heterocycles. The SMILES string of the molecule is OCc1c(F)cnc(OC(F)(F)F)c1CCl. The van der Waals surface area contributed by atoms with Gasteiger partial charge in [0.25, 0.3) is 0 Å². The Morgan fingerprint density at radius 1 is 1.38 bits per heavy atom. The maximum absolute atomic E-state index is 13.0. The normalized spacial score (nSPS) is 11.6. The van der Waals surface area contributed by atoms with E-state index < -0.39 is 30.5 Å². The van der Waals surface area contributed by atoms with Gasteiger partial charge in [-0.3, -0.25) is 0 Å². The maximum Gasteiger partial charge on any atom is 0.574 e. The van der Waals surface area contributed by atoms with Gasteiger partial charge in [0.1, 0.15) is 5.82 Å². The average molecular weight is 260 g/mol. The predicted octanol–water partition coefficient (Wildman–Crippen LogP) is 2.35. The molecule has 0 aliphatic rings. The van der Waals surface area contributed by atoms with Crippen LogP contribution in [0.1, 0.15) is 11.1 Å². The highest BCUT2D eigenvalue weighted by atomic mass is 35.5. The quantitative estimate of drug-likeness (QED) is 0.669. The second-order valence-corrected chi connectivity index (χ2v) is 2.98. The summed E-state index contributed by atoms with van der Waals surface area (Å²) in [6.45, 7) is -0.787. The number of nitrogens with zero attached hydrogens (tertiary/aromatic N) is 1. The Bertz CT molecular complexity index is 383. The molecule has 0 aromatic carbocycles. The number of pyridine rings is 1. The van der Waals surface area contributed by atoms with Crippen molar-refractivity contribution in [2.45, 2.75) is 18.8 Å². The Kier molecular flexibility index (Phi) is 3.93. The summed E-state index contributed by atoms with van der Waals surface area (Å²) in [6.07, 6.45) is -4.42. The minimum Gasteiger partial charge on any atom is -0.392 e. The maximum atomic E-state index is 13.0. The van der Waals surface area contributed by atoms with Gasteiger partial charge in [-0.25, -0.2) is 9.37 Å². The van der Waals surface area contributed by atoms with Crippen LogP contribution in [0.4, 0.5) is 17.6 Å². The highest BCUT2D eigenvalue weighted by Gasteiger charge is 2.33. The van der Waals surface area contributed by atoms with Gasteiger partial charge in [0.05, 0.1) is 18.7 Å². The first-order chi connectivity index (χ1) is 7.39. The molecule has 16 heavy (non-hydrogen) atoms. The molecular weight excluding hydrogens is 254 g/mol. The fraction of sp³-hybridized carbons (Fsp3) is 0.375. The zero-order valence-electron chi connectivity index (χ0n) is 7.68. The molecule has 0 radical (unpaired) electrons. The van der Waals surface area contributed by atoms with Gasteiger partial charge in [-0.05, 0) is 0 Å². The van der Waals surface area contributed by atoms with E-state index in [4.69, 9.17) is 16.7 Å². The molecule has 0 unspecified atom stereocenters. The lowest BCUT2D eigenvalue weighted by molar-refractivity contribution is -0.276. The number of alkyl halides is 4. The van der Waals surface area contributed by atoms with Gasteiger partial charge in [-0.15, -0.1) is 24.8 Å². The molecule has 8 heteroatoms. The van der Waals surface area contributed by atoms with Gasteiger partial charge in [-0.2, -0.15) is 0 Å². The van der Waals surface area contributed by atoms with Crippen molar-refractivity contribution in [2.24, 2.45) is 0 Å². The van der Waals surface area contributed by atoms with Crippen molar-refractivity contribution in [1.29, 1.82) is 0 Å². The van der Waals surface area contributed by atoms with Crippen molar-refractivity contribution in [3.63, 3.8) is 0 Å². The van der Waals surface area contributed by atoms with Crippen LogP contribution >= 0.6 is 11.6 Å². The molecule has 1 rings (SSSR count). The van der Waals surface area contributed by atoms with Crippen LogP contribution < -0.4 is 4.74 Å². The lowest BCUT2D eigenvalue weighted by atomic mass is 10.1. The van der Waals surface area contributed by atoms with Crippen molar-refractivity contribution >= 4 is 11.6 Å². The van der Waals surface area contributed by atoms with E-state index in [-0.39, 0.29) is 11.1 Å². The average Bonchev–Trinajstić information content (AvgIpc) is 2.18. The molecule has 90 valence electrons. The van der Waals surface area contributed by atoms with Crippen LogP contribution in [0.2, 0.25) is 0 Å². The van der Waals surface area contributed by atoms with Crippen LogP contribution in [0.15, 0.2) is 6.20 Å². The standard InChI is InChI=1S/C8H6ClF4NO2/c9-1-4-5(3-15)6(10)2-14-7(4)16-8(11,12)13/h2,15H,1,3H2. The van der Waals surface area contributed by atoms with E-state index in [1.165, 1.54) is 0 Å². The number of aliphatic hydroxyl groups is 1. The Morgan fingerprint density at radius 3 is 2.44 bits per heavy atom. The third kappa shape index (κ3) is 2.96. The molecule has 0 bridgehead atoms. The molecular formula is C8H6ClF4NO2. The van der Waals surface area contributed by atoms with Crippen LogP contribution in [0.3, 0.4) is 0 Å². The highest BCUT2D eigenvalue weighted by Crippen LogP contribution is 2.29. The molecule has 0 aliphatic carbocycles. The van der Waals surface area contributed by atoms with E-state index in [1.54, 1.807) is 0 Å². The zero-order chi connectivity index (χ0) is 12.3. The molecule has 0 saturated carbocycles. The number of aromatic nitrogens is 1. The Morgan fingerprint density at radius 2 is 2.00 bits per heavy atom. The number of aliphatic hydroxyl groups excluding tert-OH is 1. The van der Waals surface area contributed by atoms with Crippen molar-refractivity contribution < 1.29 is 27.4 Å². The minimum atomic E-state index is -4.95. The monoisotopic (exact) mass is 259 g/mol. The summed E-state index contributed by atoms with van der Waals surface area (Å²) in [7, 11) is 0. The van der Waals surface area contributed by atoms with Crippen molar-refractivity contribution in [2.75, 3.05) is 0 Å². The summed E-state index contributed by atoms with van der Waals surface area (Å²) in [5.41, 5.74) is -0.675. The number of ether oxygens (including phenoxy) is 1. The summed E-state index contributed by atoms with van der Waals surface area (Å²) in [5.74, 6) is -2.24. The van der Waals surface area contributed by atoms with E-state index in [9.17, 15) is 17.6 Å². The fourth-order valence-corrected chi connectivity index (χ4v) is 1.33. The first-order valence-electron chi connectivity index (χ1n) is 3.98. The molecule has 1 N–H and O–H groups in total. The number of hydrogen-bond donors (Lipinski definition) is 1. The Hall–Kier alpha value is -1.08. The first kappa shape index (κ1) is 13.0. The van der Waals surface area contributed by atoms with Gasteiger partial charge in [0.15, 0.2) is 0 Å². The van der Waals surface area contributed by atoms with E-state index >= 15 is 0 Å². The van der Waals surface area contributed by atoms with Crippen LogP contribution in [0.25, 0.3) is 0 Å². The first-order valence-corrected chi connectivity index (χ1v) is 4.51. The smallest absolute Gasteiger partial charge is 0.392 e. The third-order valence-corrected chi connectivity index (χ3v) is 1.98. The van der Waals surface area contributed by atoms with Gasteiger partial charge in [-0.1, -0.05) is 0 Å². The summed E-state index contributed by atoms with van der Waals surface area (Å²) in [6, 6.07) is 0. The molecule has 1 aromatic rings. The zero-order valence-corrected chi connectivity index (χ0v) is 8.44. The highest BCUT2D eigenvalue weighted by molar-refractivity contribution is 6.17. The fourth-order valence-electron chi connectivity index (χ4n) is 1.05. The van der Waals surface area contributed by atoms with Gasteiger partial charge < -0.3 is 9.84 Å². The number of rotatable bonds is 3. The van der Waals surface area contributed by atoms with E-state index in [0.717, 1.165) is 0 Å². The summed E-state index contributed by atoms with van der Waals surface area (Å²) in [4.78, 5) is 3.13. The second kappa shape index (κ2) is 4.84. The molecule has 0 saturated heterocycles. The Balaban J connectivity index is 3.19. The van der Waals surface area contributed by atoms with Crippen molar-refractivity contribution in [3.8, 4) is 5.88 Å². The topological polar surface area (TPSA) is 42.4 Å². The van der Waals surface area contributed by atoms with Crippen LogP contribution in [0, 0.1) is 5.82 Å². The number of halogens is 5. The van der Waals surface area contributed by atoms with E-state index in [0.29, 0.717) is 6.20 Å². The second-order valence-electron chi connectivity index (χ2n) is 2.71.